The first-order valence-electron chi connectivity index (χ1n) is 10.00. The van der Waals surface area contributed by atoms with Gasteiger partial charge in [-0.25, -0.2) is 4.39 Å². The number of para-hydroxylation sites is 1. The molecule has 0 bridgehead atoms. The summed E-state index contributed by atoms with van der Waals surface area (Å²) in [5.74, 6) is 0.403. The third kappa shape index (κ3) is 6.21. The average molecular weight is 394 g/mol. The van der Waals surface area contributed by atoms with Crippen LogP contribution < -0.4 is 4.74 Å². The van der Waals surface area contributed by atoms with Crippen molar-refractivity contribution in [1.82, 2.24) is 9.47 Å². The van der Waals surface area contributed by atoms with Crippen molar-refractivity contribution in [3.63, 3.8) is 0 Å². The highest BCUT2D eigenvalue weighted by Crippen LogP contribution is 2.14. The lowest BCUT2D eigenvalue weighted by Gasteiger charge is -2.23. The zero-order valence-electron chi connectivity index (χ0n) is 16.8. The highest BCUT2D eigenvalue weighted by atomic mass is 19.1. The predicted octanol–water partition coefficient (Wildman–Crippen LogP) is 4.88. The minimum Gasteiger partial charge on any atom is -0.484 e. The molecule has 2 aromatic carbocycles. The maximum Gasteiger partial charge on any atom is 0.260 e. The van der Waals surface area contributed by atoms with Crippen LogP contribution in [0.1, 0.15) is 31.0 Å². The molecule has 4 nitrogen and oxygen atoms in total. The van der Waals surface area contributed by atoms with Gasteiger partial charge in [-0.05, 0) is 48.4 Å². The number of carbonyl (C=O) groups excluding carboxylic acids is 1. The molecule has 0 aliphatic carbocycles. The minimum absolute atomic E-state index is 0.0122. The lowest BCUT2D eigenvalue weighted by molar-refractivity contribution is -0.134. The zero-order chi connectivity index (χ0) is 20.5. The third-order valence-corrected chi connectivity index (χ3v) is 4.76. The van der Waals surface area contributed by atoms with Gasteiger partial charge in [0.2, 0.25) is 0 Å². The van der Waals surface area contributed by atoms with Crippen LogP contribution in [0.4, 0.5) is 4.39 Å². The number of hydrogen-bond acceptors (Lipinski definition) is 2. The van der Waals surface area contributed by atoms with E-state index in [2.05, 4.69) is 11.5 Å². The first-order valence-corrected chi connectivity index (χ1v) is 10.00. The first kappa shape index (κ1) is 20.6. The molecule has 0 atom stereocenters. The Hall–Kier alpha value is -3.08. The van der Waals surface area contributed by atoms with Crippen LogP contribution in [-0.2, 0) is 17.9 Å². The molecule has 0 aliphatic rings. The fourth-order valence-electron chi connectivity index (χ4n) is 3.17. The molecule has 0 aliphatic heterocycles. The van der Waals surface area contributed by atoms with Gasteiger partial charge in [0.1, 0.15) is 11.6 Å². The summed E-state index contributed by atoms with van der Waals surface area (Å²) in [5, 5.41) is 0. The number of unbranched alkanes of at least 4 members (excludes halogenated alkanes) is 1. The number of benzene rings is 2. The topological polar surface area (TPSA) is 34.5 Å². The maximum absolute atomic E-state index is 13.5. The van der Waals surface area contributed by atoms with Crippen LogP contribution in [0, 0.1) is 5.82 Å². The van der Waals surface area contributed by atoms with Crippen molar-refractivity contribution in [3.8, 4) is 5.75 Å². The van der Waals surface area contributed by atoms with E-state index in [0.29, 0.717) is 25.4 Å². The van der Waals surface area contributed by atoms with E-state index in [1.807, 2.05) is 59.6 Å². The van der Waals surface area contributed by atoms with Crippen LogP contribution in [0.25, 0.3) is 0 Å². The average Bonchev–Trinajstić information content (AvgIpc) is 3.16. The van der Waals surface area contributed by atoms with Crippen LogP contribution >= 0.6 is 0 Å². The van der Waals surface area contributed by atoms with Crippen molar-refractivity contribution >= 4 is 5.91 Å². The Kier molecular flexibility index (Phi) is 7.45. The van der Waals surface area contributed by atoms with Gasteiger partial charge in [-0.1, -0.05) is 43.7 Å². The van der Waals surface area contributed by atoms with E-state index >= 15 is 0 Å². The Morgan fingerprint density at radius 3 is 2.66 bits per heavy atom. The summed E-state index contributed by atoms with van der Waals surface area (Å²) >= 11 is 0. The molecule has 1 amide bonds. The SMILES string of the molecule is CCCCN(Cc1cccn1Cc1cccc(F)c1)C(=O)COc1ccccc1. The summed E-state index contributed by atoms with van der Waals surface area (Å²) in [6, 6.07) is 19.9. The van der Waals surface area contributed by atoms with Gasteiger partial charge < -0.3 is 14.2 Å². The fourth-order valence-corrected chi connectivity index (χ4v) is 3.17. The summed E-state index contributed by atoms with van der Waals surface area (Å²) < 4.78 is 21.2. The van der Waals surface area contributed by atoms with E-state index in [1.165, 1.54) is 12.1 Å². The van der Waals surface area contributed by atoms with Crippen LogP contribution in [0.5, 0.6) is 5.75 Å². The van der Waals surface area contributed by atoms with Crippen LogP contribution in [-0.4, -0.2) is 28.5 Å². The molecule has 0 unspecified atom stereocenters. The van der Waals surface area contributed by atoms with Gasteiger partial charge in [0.05, 0.1) is 6.54 Å². The van der Waals surface area contributed by atoms with E-state index in [0.717, 1.165) is 24.1 Å². The van der Waals surface area contributed by atoms with Gasteiger partial charge in [-0.2, -0.15) is 0 Å². The van der Waals surface area contributed by atoms with Gasteiger partial charge in [-0.15, -0.1) is 0 Å². The number of amides is 1. The lowest BCUT2D eigenvalue weighted by atomic mass is 10.2. The van der Waals surface area contributed by atoms with Crippen LogP contribution in [0.3, 0.4) is 0 Å². The van der Waals surface area contributed by atoms with E-state index in [1.54, 1.807) is 6.07 Å². The quantitative estimate of drug-likeness (QED) is 0.491. The van der Waals surface area contributed by atoms with Crippen molar-refractivity contribution in [3.05, 3.63) is 90.0 Å². The van der Waals surface area contributed by atoms with E-state index in [4.69, 9.17) is 4.74 Å². The van der Waals surface area contributed by atoms with Crippen molar-refractivity contribution < 1.29 is 13.9 Å². The molecule has 1 heterocycles. The second-order valence-corrected chi connectivity index (χ2v) is 7.03. The largest absolute Gasteiger partial charge is 0.484 e. The summed E-state index contributed by atoms with van der Waals surface area (Å²) in [5.41, 5.74) is 1.90. The Balaban J connectivity index is 1.66. The van der Waals surface area contributed by atoms with Gasteiger partial charge in [0, 0.05) is 25.0 Å². The van der Waals surface area contributed by atoms with Crippen molar-refractivity contribution in [2.24, 2.45) is 0 Å². The van der Waals surface area contributed by atoms with E-state index < -0.39 is 0 Å². The molecule has 3 aromatic rings. The van der Waals surface area contributed by atoms with Gasteiger partial charge in [-0.3, -0.25) is 4.79 Å². The Morgan fingerprint density at radius 1 is 1.07 bits per heavy atom. The molecule has 0 saturated heterocycles. The summed E-state index contributed by atoms with van der Waals surface area (Å²) in [4.78, 5) is 14.6. The minimum atomic E-state index is -0.242. The normalized spacial score (nSPS) is 10.7. The van der Waals surface area contributed by atoms with Crippen molar-refractivity contribution in [1.29, 1.82) is 0 Å². The van der Waals surface area contributed by atoms with Crippen molar-refractivity contribution in [2.75, 3.05) is 13.2 Å². The van der Waals surface area contributed by atoms with Crippen LogP contribution in [0.15, 0.2) is 72.9 Å². The number of hydrogen-bond donors (Lipinski definition) is 0. The Labute approximate surface area is 171 Å². The molecule has 29 heavy (non-hydrogen) atoms. The summed E-state index contributed by atoms with van der Waals surface area (Å²) in [7, 11) is 0. The number of halogens is 1. The standard InChI is InChI=1S/C24H27FN2O2/c1-2-3-14-27(24(28)19-29-23-12-5-4-6-13-23)18-22-11-8-15-26(22)17-20-9-7-10-21(25)16-20/h4-13,15-16H,2-3,14,17-19H2,1H3. The highest BCUT2D eigenvalue weighted by molar-refractivity contribution is 5.77. The van der Waals surface area contributed by atoms with E-state index in [9.17, 15) is 9.18 Å². The van der Waals surface area contributed by atoms with Crippen LogP contribution in [0.2, 0.25) is 0 Å². The smallest absolute Gasteiger partial charge is 0.260 e. The van der Waals surface area contributed by atoms with E-state index in [-0.39, 0.29) is 18.3 Å². The van der Waals surface area contributed by atoms with Gasteiger partial charge in [0.25, 0.3) is 5.91 Å². The fraction of sp³-hybridized carbons (Fsp3) is 0.292. The second-order valence-electron chi connectivity index (χ2n) is 7.03. The molecule has 0 spiro atoms. The summed E-state index contributed by atoms with van der Waals surface area (Å²) in [6.07, 6.45) is 3.90. The Bertz CT molecular complexity index is 908. The highest BCUT2D eigenvalue weighted by Gasteiger charge is 2.16. The number of aromatic nitrogens is 1. The van der Waals surface area contributed by atoms with Crippen molar-refractivity contribution in [2.45, 2.75) is 32.9 Å². The second kappa shape index (κ2) is 10.5. The molecule has 0 saturated carbocycles. The molecule has 1 aromatic heterocycles. The molecule has 0 radical (unpaired) electrons. The monoisotopic (exact) mass is 394 g/mol. The molecule has 5 heteroatoms. The van der Waals surface area contributed by atoms with Gasteiger partial charge in [0.15, 0.2) is 6.61 Å². The third-order valence-electron chi connectivity index (χ3n) is 4.76. The number of nitrogens with zero attached hydrogens (tertiary/aromatic N) is 2. The molecule has 0 N–H and O–H groups in total. The molecular formula is C24H27FN2O2. The molecular weight excluding hydrogens is 367 g/mol. The molecule has 152 valence electrons. The number of ether oxygens (including phenoxy) is 1. The predicted molar refractivity (Wildman–Crippen MR) is 112 cm³/mol. The molecule has 3 rings (SSSR count). The number of carbonyl (C=O) groups is 1. The maximum atomic E-state index is 13.5. The Morgan fingerprint density at radius 2 is 1.90 bits per heavy atom. The summed E-state index contributed by atoms with van der Waals surface area (Å²) in [6.45, 7) is 3.86. The lowest BCUT2D eigenvalue weighted by Crippen LogP contribution is -2.36. The zero-order valence-corrected chi connectivity index (χ0v) is 16.8. The first-order chi connectivity index (χ1) is 14.2. The molecule has 0 fully saturated rings. The van der Waals surface area contributed by atoms with Gasteiger partial charge >= 0.3 is 0 Å². The number of rotatable bonds is 10.